The summed E-state index contributed by atoms with van der Waals surface area (Å²) in [5, 5.41) is 0. The van der Waals surface area contributed by atoms with Crippen molar-refractivity contribution in [2.75, 3.05) is 11.5 Å². The minimum Gasteiger partial charge on any atom is -0.423 e. The van der Waals surface area contributed by atoms with Gasteiger partial charge in [0.15, 0.2) is 0 Å². The van der Waals surface area contributed by atoms with E-state index in [1.54, 1.807) is 6.08 Å². The summed E-state index contributed by atoms with van der Waals surface area (Å²) in [6, 6.07) is 15.6. The van der Waals surface area contributed by atoms with E-state index in [9.17, 15) is 4.79 Å². The average molecular weight is 421 g/mol. The number of carbonyl (C=O) groups excluding carboxylic acids is 1. The largest absolute Gasteiger partial charge is 0.423 e. The summed E-state index contributed by atoms with van der Waals surface area (Å²) in [6.07, 6.45) is 4.48. The second-order valence-corrected chi connectivity index (χ2v) is 8.94. The lowest BCUT2D eigenvalue weighted by Gasteiger charge is -2.21. The SMILES string of the molecule is O=C(/C=C/c1ccc(Br)cc1)Oc1ccc(C2SCCCS2)cc1. The van der Waals surface area contributed by atoms with E-state index in [1.807, 2.05) is 59.9 Å². The van der Waals surface area contributed by atoms with Gasteiger partial charge in [0.2, 0.25) is 0 Å². The fourth-order valence-corrected chi connectivity index (χ4v) is 5.42. The van der Waals surface area contributed by atoms with E-state index in [-0.39, 0.29) is 5.97 Å². The Bertz CT molecular complexity index is 705. The first kappa shape index (κ1) is 17.6. The standard InChI is InChI=1S/C19H17BrO2S2/c20-16-7-2-14(3-8-16)4-11-18(21)22-17-9-5-15(6-10-17)19-23-12-1-13-24-19/h2-11,19H,1,12-13H2/b11-4+. The van der Waals surface area contributed by atoms with Gasteiger partial charge in [-0.1, -0.05) is 40.2 Å². The Balaban J connectivity index is 1.57. The highest BCUT2D eigenvalue weighted by atomic mass is 79.9. The molecule has 5 heteroatoms. The van der Waals surface area contributed by atoms with Gasteiger partial charge in [-0.25, -0.2) is 4.79 Å². The molecule has 2 aromatic carbocycles. The van der Waals surface area contributed by atoms with Crippen LogP contribution in [0.25, 0.3) is 6.08 Å². The van der Waals surface area contributed by atoms with Crippen molar-refractivity contribution in [3.8, 4) is 5.75 Å². The Labute approximate surface area is 159 Å². The number of esters is 1. The summed E-state index contributed by atoms with van der Waals surface area (Å²) in [4.78, 5) is 11.9. The summed E-state index contributed by atoms with van der Waals surface area (Å²) >= 11 is 7.35. The second-order valence-electron chi connectivity index (χ2n) is 5.30. The van der Waals surface area contributed by atoms with Crippen molar-refractivity contribution in [2.45, 2.75) is 11.0 Å². The van der Waals surface area contributed by atoms with Gasteiger partial charge < -0.3 is 4.74 Å². The Kier molecular flexibility index (Phi) is 6.46. The zero-order valence-corrected chi connectivity index (χ0v) is 16.2. The van der Waals surface area contributed by atoms with Crippen molar-refractivity contribution in [1.82, 2.24) is 0 Å². The molecule has 0 amide bonds. The van der Waals surface area contributed by atoms with Crippen molar-refractivity contribution in [2.24, 2.45) is 0 Å². The Morgan fingerprint density at radius 2 is 1.71 bits per heavy atom. The van der Waals surface area contributed by atoms with E-state index in [1.165, 1.54) is 29.6 Å². The predicted octanol–water partition coefficient (Wildman–Crippen LogP) is 5.94. The fourth-order valence-electron chi connectivity index (χ4n) is 2.26. The van der Waals surface area contributed by atoms with Crippen molar-refractivity contribution in [3.63, 3.8) is 0 Å². The van der Waals surface area contributed by atoms with Crippen LogP contribution in [0.3, 0.4) is 0 Å². The van der Waals surface area contributed by atoms with Gasteiger partial charge in [0, 0.05) is 10.5 Å². The first-order valence-corrected chi connectivity index (χ1v) is 10.6. The number of thioether (sulfide) groups is 2. The Morgan fingerprint density at radius 1 is 1.04 bits per heavy atom. The van der Waals surface area contributed by atoms with E-state index in [2.05, 4.69) is 28.1 Å². The lowest BCUT2D eigenvalue weighted by molar-refractivity contribution is -0.128. The van der Waals surface area contributed by atoms with Crippen molar-refractivity contribution in [1.29, 1.82) is 0 Å². The molecule has 0 aliphatic carbocycles. The number of carbonyl (C=O) groups is 1. The van der Waals surface area contributed by atoms with Gasteiger partial charge in [-0.3, -0.25) is 0 Å². The normalized spacial score (nSPS) is 15.5. The molecule has 0 bridgehead atoms. The first-order chi connectivity index (χ1) is 11.7. The highest BCUT2D eigenvalue weighted by Crippen LogP contribution is 2.43. The number of hydrogen-bond donors (Lipinski definition) is 0. The Morgan fingerprint density at radius 3 is 2.38 bits per heavy atom. The highest BCUT2D eigenvalue weighted by Gasteiger charge is 2.16. The van der Waals surface area contributed by atoms with Gasteiger partial charge in [0.25, 0.3) is 0 Å². The third kappa shape index (κ3) is 5.16. The third-order valence-electron chi connectivity index (χ3n) is 3.48. The van der Waals surface area contributed by atoms with Crippen LogP contribution in [-0.4, -0.2) is 17.5 Å². The summed E-state index contributed by atoms with van der Waals surface area (Å²) < 4.78 is 6.87. The summed E-state index contributed by atoms with van der Waals surface area (Å²) in [6.45, 7) is 0. The molecule has 0 saturated carbocycles. The van der Waals surface area contributed by atoms with Gasteiger partial charge in [-0.05, 0) is 59.4 Å². The van der Waals surface area contributed by atoms with Crippen molar-refractivity contribution in [3.05, 3.63) is 70.2 Å². The van der Waals surface area contributed by atoms with Crippen molar-refractivity contribution >= 4 is 51.5 Å². The minimum atomic E-state index is -0.368. The van der Waals surface area contributed by atoms with Crippen molar-refractivity contribution < 1.29 is 9.53 Å². The number of benzene rings is 2. The maximum absolute atomic E-state index is 11.9. The maximum atomic E-state index is 11.9. The number of ether oxygens (including phenoxy) is 1. The van der Waals surface area contributed by atoms with Crippen LogP contribution in [0.4, 0.5) is 0 Å². The van der Waals surface area contributed by atoms with E-state index in [0.29, 0.717) is 10.3 Å². The molecule has 1 saturated heterocycles. The predicted molar refractivity (Wildman–Crippen MR) is 108 cm³/mol. The molecular weight excluding hydrogens is 404 g/mol. The molecule has 3 rings (SSSR count). The molecule has 0 unspecified atom stereocenters. The van der Waals surface area contributed by atoms with Gasteiger partial charge in [0.1, 0.15) is 5.75 Å². The molecule has 1 fully saturated rings. The molecule has 0 atom stereocenters. The van der Waals surface area contributed by atoms with Crippen LogP contribution in [0.5, 0.6) is 5.75 Å². The summed E-state index contributed by atoms with van der Waals surface area (Å²) in [5.41, 5.74) is 2.24. The van der Waals surface area contributed by atoms with E-state index < -0.39 is 0 Å². The lowest BCUT2D eigenvalue weighted by atomic mass is 10.2. The van der Waals surface area contributed by atoms with E-state index >= 15 is 0 Å². The lowest BCUT2D eigenvalue weighted by Crippen LogP contribution is -2.04. The van der Waals surface area contributed by atoms with Crippen LogP contribution in [0.15, 0.2) is 59.1 Å². The zero-order valence-electron chi connectivity index (χ0n) is 13.0. The topological polar surface area (TPSA) is 26.3 Å². The number of hydrogen-bond acceptors (Lipinski definition) is 4. The first-order valence-electron chi connectivity index (χ1n) is 7.69. The molecule has 0 spiro atoms. The molecule has 1 aliphatic rings. The monoisotopic (exact) mass is 420 g/mol. The highest BCUT2D eigenvalue weighted by molar-refractivity contribution is 9.10. The fraction of sp³-hybridized carbons (Fsp3) is 0.211. The number of rotatable bonds is 4. The van der Waals surface area contributed by atoms with Crippen LogP contribution in [-0.2, 0) is 4.79 Å². The van der Waals surface area contributed by atoms with Gasteiger partial charge in [-0.2, -0.15) is 0 Å². The smallest absolute Gasteiger partial charge is 0.336 e. The average Bonchev–Trinajstić information content (AvgIpc) is 2.63. The van der Waals surface area contributed by atoms with Crippen LogP contribution in [0.1, 0.15) is 22.1 Å². The summed E-state index contributed by atoms with van der Waals surface area (Å²) in [7, 11) is 0. The second kappa shape index (κ2) is 8.79. The maximum Gasteiger partial charge on any atom is 0.336 e. The quantitative estimate of drug-likeness (QED) is 0.347. The third-order valence-corrected chi connectivity index (χ3v) is 7.02. The van der Waals surface area contributed by atoms with Crippen LogP contribution < -0.4 is 4.74 Å². The zero-order chi connectivity index (χ0) is 16.8. The molecule has 1 aliphatic heterocycles. The molecule has 0 radical (unpaired) electrons. The van der Waals surface area contributed by atoms with E-state index in [4.69, 9.17) is 4.74 Å². The number of halogens is 1. The van der Waals surface area contributed by atoms with E-state index in [0.717, 1.165) is 10.0 Å². The molecule has 0 N–H and O–H groups in total. The summed E-state index contributed by atoms with van der Waals surface area (Å²) in [5.74, 6) is 2.65. The molecule has 124 valence electrons. The van der Waals surface area contributed by atoms with Crippen LogP contribution >= 0.6 is 39.5 Å². The Hall–Kier alpha value is -1.17. The molecule has 24 heavy (non-hydrogen) atoms. The molecule has 0 aromatic heterocycles. The van der Waals surface area contributed by atoms with Gasteiger partial charge >= 0.3 is 5.97 Å². The minimum absolute atomic E-state index is 0.368. The van der Waals surface area contributed by atoms with Gasteiger partial charge in [-0.15, -0.1) is 23.5 Å². The van der Waals surface area contributed by atoms with Crippen LogP contribution in [0, 0.1) is 0 Å². The molecule has 2 aromatic rings. The molecule has 2 nitrogen and oxygen atoms in total. The molecule has 1 heterocycles. The van der Waals surface area contributed by atoms with Crippen LogP contribution in [0.2, 0.25) is 0 Å². The molecular formula is C19H17BrO2S2. The van der Waals surface area contributed by atoms with Gasteiger partial charge in [0.05, 0.1) is 4.58 Å².